The third kappa shape index (κ3) is 4.89. The molecule has 1 aliphatic carbocycles. The molecule has 3 amide bonds. The van der Waals surface area contributed by atoms with E-state index in [1.807, 2.05) is 36.4 Å². The van der Waals surface area contributed by atoms with Gasteiger partial charge in [0.05, 0.1) is 12.1 Å². The van der Waals surface area contributed by atoms with Gasteiger partial charge in [-0.05, 0) is 35.2 Å². The lowest BCUT2D eigenvalue weighted by atomic mass is 10.1. The maximum Gasteiger partial charge on any atom is 0.315 e. The number of carbonyl (C=O) groups excluding carboxylic acids is 2. The van der Waals surface area contributed by atoms with Crippen LogP contribution in [0.5, 0.6) is 0 Å². The number of rotatable bonds is 7. The first-order chi connectivity index (χ1) is 13.6. The molecular weight excluding hydrogens is 354 g/mol. The second kappa shape index (κ2) is 9.37. The van der Waals surface area contributed by atoms with Crippen molar-refractivity contribution in [3.05, 3.63) is 70.8 Å². The van der Waals surface area contributed by atoms with Crippen molar-refractivity contribution in [3.63, 3.8) is 0 Å². The smallest absolute Gasteiger partial charge is 0.315 e. The number of hydrogen-bond acceptors (Lipinski definition) is 3. The van der Waals surface area contributed by atoms with Crippen LogP contribution in [0.2, 0.25) is 0 Å². The molecule has 0 aliphatic heterocycles. The largest absolute Gasteiger partial charge is 0.390 e. The van der Waals surface area contributed by atoms with E-state index < -0.39 is 12.1 Å². The van der Waals surface area contributed by atoms with Crippen molar-refractivity contribution in [1.82, 2.24) is 16.0 Å². The molecular formula is C22H27N3O3. The van der Waals surface area contributed by atoms with Crippen molar-refractivity contribution < 1.29 is 14.7 Å². The van der Waals surface area contributed by atoms with Crippen LogP contribution in [0.15, 0.2) is 48.5 Å². The van der Waals surface area contributed by atoms with Crippen LogP contribution >= 0.6 is 0 Å². The molecule has 2 aromatic carbocycles. The average Bonchev–Trinajstić information content (AvgIpc) is 3.02. The minimum Gasteiger partial charge on any atom is -0.390 e. The van der Waals surface area contributed by atoms with Crippen molar-refractivity contribution in [1.29, 1.82) is 0 Å². The standard InChI is InChI=1S/C22H27N3O3/c1-2-3-12-23-21(27)16-10-8-15(9-11-16)14-24-22(28)25-20-18-7-5-4-6-17(18)13-19(20)26/h4-11,19-20,26H,2-3,12-14H2,1H3,(H,23,27)(H2,24,25,28)/t19-,20+/m1/s1. The van der Waals surface area contributed by atoms with Crippen molar-refractivity contribution in [2.24, 2.45) is 0 Å². The van der Waals surface area contributed by atoms with Crippen molar-refractivity contribution in [2.75, 3.05) is 6.54 Å². The number of unbranched alkanes of at least 4 members (excludes halogenated alkanes) is 1. The number of hydrogen-bond donors (Lipinski definition) is 4. The fourth-order valence-electron chi connectivity index (χ4n) is 3.38. The Morgan fingerprint density at radius 2 is 1.82 bits per heavy atom. The van der Waals surface area contributed by atoms with E-state index in [9.17, 15) is 14.7 Å². The molecule has 0 bridgehead atoms. The maximum atomic E-state index is 12.3. The van der Waals surface area contributed by atoms with Gasteiger partial charge in [0.15, 0.2) is 0 Å². The molecule has 0 unspecified atom stereocenters. The van der Waals surface area contributed by atoms with E-state index in [-0.39, 0.29) is 11.9 Å². The van der Waals surface area contributed by atoms with Gasteiger partial charge in [0.1, 0.15) is 0 Å². The number of fused-ring (bicyclic) bond motifs is 1. The highest BCUT2D eigenvalue weighted by Crippen LogP contribution is 2.31. The van der Waals surface area contributed by atoms with Gasteiger partial charge in [-0.3, -0.25) is 4.79 Å². The van der Waals surface area contributed by atoms with Gasteiger partial charge in [0.25, 0.3) is 5.91 Å². The van der Waals surface area contributed by atoms with E-state index in [1.54, 1.807) is 12.1 Å². The lowest BCUT2D eigenvalue weighted by Crippen LogP contribution is -2.40. The molecule has 1 aliphatic rings. The fraction of sp³-hybridized carbons (Fsp3) is 0.364. The third-order valence-corrected chi connectivity index (χ3v) is 4.98. The van der Waals surface area contributed by atoms with Crippen molar-refractivity contribution >= 4 is 11.9 Å². The highest BCUT2D eigenvalue weighted by Gasteiger charge is 2.31. The lowest BCUT2D eigenvalue weighted by molar-refractivity contribution is 0.0953. The summed E-state index contributed by atoms with van der Waals surface area (Å²) in [5.74, 6) is -0.0837. The predicted molar refractivity (Wildman–Crippen MR) is 108 cm³/mol. The second-order valence-corrected chi connectivity index (χ2v) is 7.08. The van der Waals surface area contributed by atoms with Crippen molar-refractivity contribution in [3.8, 4) is 0 Å². The molecule has 0 saturated carbocycles. The van der Waals surface area contributed by atoms with Crippen LogP contribution in [0.4, 0.5) is 4.79 Å². The summed E-state index contributed by atoms with van der Waals surface area (Å²) in [5.41, 5.74) is 3.53. The van der Waals surface area contributed by atoms with Crippen LogP contribution in [0.25, 0.3) is 0 Å². The van der Waals surface area contributed by atoms with Gasteiger partial charge < -0.3 is 21.1 Å². The average molecular weight is 381 g/mol. The Bertz CT molecular complexity index is 820. The van der Waals surface area contributed by atoms with E-state index in [1.165, 1.54) is 0 Å². The summed E-state index contributed by atoms with van der Waals surface area (Å²) < 4.78 is 0. The molecule has 4 N–H and O–H groups in total. The number of carbonyl (C=O) groups is 2. The molecule has 2 atom stereocenters. The van der Waals surface area contributed by atoms with Crippen LogP contribution < -0.4 is 16.0 Å². The second-order valence-electron chi connectivity index (χ2n) is 7.08. The molecule has 0 spiro atoms. The quantitative estimate of drug-likeness (QED) is 0.556. The molecule has 2 aromatic rings. The Kier molecular flexibility index (Phi) is 6.66. The van der Waals surface area contributed by atoms with Crippen LogP contribution in [0.1, 0.15) is 52.9 Å². The van der Waals surface area contributed by atoms with Gasteiger partial charge in [0, 0.05) is 25.1 Å². The highest BCUT2D eigenvalue weighted by atomic mass is 16.3. The number of nitrogens with one attached hydrogen (secondary N) is 3. The van der Waals surface area contributed by atoms with Crippen LogP contribution in [0, 0.1) is 0 Å². The maximum absolute atomic E-state index is 12.3. The van der Waals surface area contributed by atoms with Crippen LogP contribution in [-0.2, 0) is 13.0 Å². The van der Waals surface area contributed by atoms with Crippen LogP contribution in [-0.4, -0.2) is 29.7 Å². The molecule has 0 aromatic heterocycles. The van der Waals surface area contributed by atoms with Gasteiger partial charge in [-0.15, -0.1) is 0 Å². The van der Waals surface area contributed by atoms with Crippen LogP contribution in [0.3, 0.4) is 0 Å². The number of urea groups is 1. The van der Waals surface area contributed by atoms with E-state index in [2.05, 4.69) is 22.9 Å². The Morgan fingerprint density at radius 1 is 1.07 bits per heavy atom. The minimum absolute atomic E-state index is 0.0837. The molecule has 28 heavy (non-hydrogen) atoms. The molecule has 0 radical (unpaired) electrons. The monoisotopic (exact) mass is 381 g/mol. The topological polar surface area (TPSA) is 90.5 Å². The SMILES string of the molecule is CCCCNC(=O)c1ccc(CNC(=O)N[C@H]2c3ccccc3C[C@H]2O)cc1. The molecule has 0 saturated heterocycles. The summed E-state index contributed by atoms with van der Waals surface area (Å²) in [5, 5.41) is 18.8. The Morgan fingerprint density at radius 3 is 2.57 bits per heavy atom. The predicted octanol–water partition coefficient (Wildman–Crippen LogP) is 2.67. The summed E-state index contributed by atoms with van der Waals surface area (Å²) in [6.45, 7) is 3.10. The Hall–Kier alpha value is -2.86. The summed E-state index contributed by atoms with van der Waals surface area (Å²) >= 11 is 0. The van der Waals surface area contributed by atoms with E-state index in [0.29, 0.717) is 25.1 Å². The summed E-state index contributed by atoms with van der Waals surface area (Å²) in [6.07, 6.45) is 1.93. The number of amides is 3. The molecule has 3 rings (SSSR count). The minimum atomic E-state index is -0.617. The Labute approximate surface area is 165 Å². The van der Waals surface area contributed by atoms with Gasteiger partial charge in [-0.2, -0.15) is 0 Å². The number of benzene rings is 2. The summed E-state index contributed by atoms with van der Waals surface area (Å²) in [7, 11) is 0. The molecule has 0 heterocycles. The molecule has 6 heteroatoms. The summed E-state index contributed by atoms with van der Waals surface area (Å²) in [4.78, 5) is 24.3. The first kappa shape index (κ1) is 19.9. The first-order valence-corrected chi connectivity index (χ1v) is 9.76. The molecule has 6 nitrogen and oxygen atoms in total. The Balaban J connectivity index is 1.49. The fourth-order valence-corrected chi connectivity index (χ4v) is 3.38. The first-order valence-electron chi connectivity index (χ1n) is 9.76. The van der Waals surface area contributed by atoms with Gasteiger partial charge in [0.2, 0.25) is 0 Å². The van der Waals surface area contributed by atoms with Gasteiger partial charge in [-0.1, -0.05) is 49.7 Å². The summed E-state index contributed by atoms with van der Waals surface area (Å²) in [6, 6.07) is 14.2. The molecule has 148 valence electrons. The van der Waals surface area contributed by atoms with E-state index in [0.717, 1.165) is 29.5 Å². The van der Waals surface area contributed by atoms with E-state index in [4.69, 9.17) is 0 Å². The normalized spacial score (nSPS) is 17.6. The van der Waals surface area contributed by atoms with Gasteiger partial charge >= 0.3 is 6.03 Å². The van der Waals surface area contributed by atoms with Gasteiger partial charge in [-0.25, -0.2) is 4.79 Å². The zero-order valence-electron chi connectivity index (χ0n) is 16.1. The number of aliphatic hydroxyl groups is 1. The third-order valence-electron chi connectivity index (χ3n) is 4.98. The van der Waals surface area contributed by atoms with E-state index >= 15 is 0 Å². The van der Waals surface area contributed by atoms with Crippen molar-refractivity contribution in [2.45, 2.75) is 44.9 Å². The lowest BCUT2D eigenvalue weighted by Gasteiger charge is -2.18. The zero-order valence-corrected chi connectivity index (χ0v) is 16.1. The molecule has 0 fully saturated rings. The number of aliphatic hydroxyl groups excluding tert-OH is 1. The zero-order chi connectivity index (χ0) is 19.9. The highest BCUT2D eigenvalue weighted by molar-refractivity contribution is 5.94.